The van der Waals surface area contributed by atoms with Gasteiger partial charge in [0.25, 0.3) is 11.1 Å². The lowest BCUT2D eigenvalue weighted by molar-refractivity contribution is -0.132. The minimum absolute atomic E-state index is 0.170. The van der Waals surface area contributed by atoms with Crippen LogP contribution in [-0.2, 0) is 11.3 Å². The molecule has 0 aliphatic carbocycles. The third-order valence-corrected chi connectivity index (χ3v) is 5.33. The average molecular weight is 371 g/mol. The van der Waals surface area contributed by atoms with Crippen LogP contribution in [0.5, 0.6) is 0 Å². The Hall–Kier alpha value is -2.94. The maximum atomic E-state index is 12.6. The second-order valence-electron chi connectivity index (χ2n) is 6.06. The third kappa shape index (κ3) is 3.01. The SMILES string of the molecule is O=C(Cn1[nH]c(=O)c2ccccc2c1=O)N1CCN(c2nccs2)CC1. The van der Waals surface area contributed by atoms with Gasteiger partial charge in [0.2, 0.25) is 5.91 Å². The zero-order valence-corrected chi connectivity index (χ0v) is 14.7. The van der Waals surface area contributed by atoms with Crippen LogP contribution in [0.4, 0.5) is 5.13 Å². The van der Waals surface area contributed by atoms with E-state index in [-0.39, 0.29) is 23.6 Å². The molecule has 1 aliphatic heterocycles. The van der Waals surface area contributed by atoms with Gasteiger partial charge in [0, 0.05) is 37.8 Å². The topological polar surface area (TPSA) is 91.3 Å². The first-order valence-electron chi connectivity index (χ1n) is 8.27. The summed E-state index contributed by atoms with van der Waals surface area (Å²) < 4.78 is 1.10. The minimum atomic E-state index is -0.374. The van der Waals surface area contributed by atoms with Crippen LogP contribution < -0.4 is 16.0 Å². The number of anilines is 1. The molecule has 0 saturated carbocycles. The van der Waals surface area contributed by atoms with Crippen molar-refractivity contribution in [3.63, 3.8) is 0 Å². The first kappa shape index (κ1) is 16.5. The van der Waals surface area contributed by atoms with E-state index in [4.69, 9.17) is 0 Å². The van der Waals surface area contributed by atoms with Crippen LogP contribution in [0.2, 0.25) is 0 Å². The zero-order valence-electron chi connectivity index (χ0n) is 13.9. The van der Waals surface area contributed by atoms with Gasteiger partial charge in [-0.15, -0.1) is 11.3 Å². The van der Waals surface area contributed by atoms with Crippen molar-refractivity contribution in [3.05, 3.63) is 56.5 Å². The second-order valence-corrected chi connectivity index (χ2v) is 6.93. The molecule has 1 saturated heterocycles. The van der Waals surface area contributed by atoms with E-state index in [0.29, 0.717) is 37.0 Å². The van der Waals surface area contributed by atoms with E-state index in [1.54, 1.807) is 46.7 Å². The number of nitrogens with zero attached hydrogens (tertiary/aromatic N) is 4. The molecule has 0 radical (unpaired) electrons. The monoisotopic (exact) mass is 371 g/mol. The standard InChI is InChI=1S/C17H17N5O3S/c23-14(20-6-8-21(9-7-20)17-18-5-10-26-17)11-22-16(25)13-4-2-1-3-12(13)15(24)19-22/h1-5,10H,6-9,11H2,(H,19,24). The summed E-state index contributed by atoms with van der Waals surface area (Å²) in [4.78, 5) is 45.4. The lowest BCUT2D eigenvalue weighted by Gasteiger charge is -2.34. The molecule has 1 aliphatic rings. The van der Waals surface area contributed by atoms with Crippen LogP contribution in [0, 0.1) is 0 Å². The Balaban J connectivity index is 1.49. The van der Waals surface area contributed by atoms with Crippen LogP contribution in [0.1, 0.15) is 0 Å². The summed E-state index contributed by atoms with van der Waals surface area (Å²) in [6.45, 7) is 2.34. The number of amides is 1. The maximum Gasteiger partial charge on any atom is 0.273 e. The molecule has 3 heterocycles. The van der Waals surface area contributed by atoms with Crippen molar-refractivity contribution in [3.8, 4) is 0 Å². The molecule has 2 aromatic heterocycles. The zero-order chi connectivity index (χ0) is 18.1. The van der Waals surface area contributed by atoms with E-state index in [0.717, 1.165) is 9.81 Å². The fraction of sp³-hybridized carbons (Fsp3) is 0.294. The van der Waals surface area contributed by atoms with Crippen molar-refractivity contribution >= 4 is 33.1 Å². The fourth-order valence-electron chi connectivity index (χ4n) is 3.11. The van der Waals surface area contributed by atoms with Gasteiger partial charge in [0.1, 0.15) is 6.54 Å². The molecular formula is C17H17N5O3S. The first-order chi connectivity index (χ1) is 12.6. The van der Waals surface area contributed by atoms with E-state index in [1.165, 1.54) is 0 Å². The summed E-state index contributed by atoms with van der Waals surface area (Å²) >= 11 is 1.57. The molecule has 8 nitrogen and oxygen atoms in total. The average Bonchev–Trinajstić information content (AvgIpc) is 3.21. The molecule has 134 valence electrons. The molecule has 4 rings (SSSR count). The van der Waals surface area contributed by atoms with Crippen molar-refractivity contribution in [2.75, 3.05) is 31.1 Å². The van der Waals surface area contributed by atoms with Crippen molar-refractivity contribution in [1.29, 1.82) is 0 Å². The molecule has 1 fully saturated rings. The Morgan fingerprint density at radius 1 is 1.12 bits per heavy atom. The van der Waals surface area contributed by atoms with Gasteiger partial charge in [-0.05, 0) is 12.1 Å². The third-order valence-electron chi connectivity index (χ3n) is 4.50. The summed E-state index contributed by atoms with van der Waals surface area (Å²) in [7, 11) is 0. The van der Waals surface area contributed by atoms with E-state index >= 15 is 0 Å². The number of fused-ring (bicyclic) bond motifs is 1. The Labute approximate surface area is 152 Å². The highest BCUT2D eigenvalue weighted by Crippen LogP contribution is 2.18. The van der Waals surface area contributed by atoms with Crippen molar-refractivity contribution in [2.45, 2.75) is 6.54 Å². The van der Waals surface area contributed by atoms with Gasteiger partial charge in [-0.25, -0.2) is 9.67 Å². The molecule has 3 aromatic rings. The molecule has 0 bridgehead atoms. The number of carbonyl (C=O) groups is 1. The van der Waals surface area contributed by atoms with Gasteiger partial charge in [-0.2, -0.15) is 0 Å². The lowest BCUT2D eigenvalue weighted by atomic mass is 10.2. The van der Waals surface area contributed by atoms with E-state index in [1.807, 2.05) is 5.38 Å². The van der Waals surface area contributed by atoms with Gasteiger partial charge in [0.05, 0.1) is 10.8 Å². The van der Waals surface area contributed by atoms with Crippen LogP contribution in [0.3, 0.4) is 0 Å². The Morgan fingerprint density at radius 2 is 1.85 bits per heavy atom. The summed E-state index contributed by atoms with van der Waals surface area (Å²) in [5.74, 6) is -0.184. The van der Waals surface area contributed by atoms with Gasteiger partial charge < -0.3 is 9.80 Å². The number of thiazole rings is 1. The number of rotatable bonds is 3. The van der Waals surface area contributed by atoms with Crippen molar-refractivity contribution in [1.82, 2.24) is 19.7 Å². The number of hydrogen-bond donors (Lipinski definition) is 1. The number of nitrogens with one attached hydrogen (secondary N) is 1. The van der Waals surface area contributed by atoms with Crippen LogP contribution in [-0.4, -0.2) is 51.8 Å². The Bertz CT molecular complexity index is 1050. The maximum absolute atomic E-state index is 12.6. The normalized spacial score (nSPS) is 14.8. The predicted molar refractivity (Wildman–Crippen MR) is 99.7 cm³/mol. The number of aromatic amines is 1. The minimum Gasteiger partial charge on any atom is -0.345 e. The summed E-state index contributed by atoms with van der Waals surface area (Å²) in [5, 5.41) is 6.03. The Morgan fingerprint density at radius 3 is 2.54 bits per heavy atom. The smallest absolute Gasteiger partial charge is 0.273 e. The molecular weight excluding hydrogens is 354 g/mol. The van der Waals surface area contributed by atoms with Gasteiger partial charge in [-0.3, -0.25) is 19.5 Å². The summed E-state index contributed by atoms with van der Waals surface area (Å²) in [6.07, 6.45) is 1.76. The summed E-state index contributed by atoms with van der Waals surface area (Å²) in [5.41, 5.74) is -0.739. The number of aromatic nitrogens is 3. The highest BCUT2D eigenvalue weighted by atomic mass is 32.1. The van der Waals surface area contributed by atoms with Crippen LogP contribution in [0.15, 0.2) is 45.4 Å². The molecule has 1 amide bonds. The number of carbonyl (C=O) groups excluding carboxylic acids is 1. The van der Waals surface area contributed by atoms with Gasteiger partial charge in [0.15, 0.2) is 5.13 Å². The summed E-state index contributed by atoms with van der Waals surface area (Å²) in [6, 6.07) is 6.60. The van der Waals surface area contributed by atoms with Gasteiger partial charge in [-0.1, -0.05) is 12.1 Å². The fourth-order valence-corrected chi connectivity index (χ4v) is 3.81. The molecule has 0 atom stereocenters. The van der Waals surface area contributed by atoms with E-state index < -0.39 is 0 Å². The van der Waals surface area contributed by atoms with Gasteiger partial charge >= 0.3 is 0 Å². The highest BCUT2D eigenvalue weighted by molar-refractivity contribution is 7.13. The number of H-pyrrole nitrogens is 1. The quantitative estimate of drug-likeness (QED) is 0.724. The number of benzene rings is 1. The molecule has 1 aromatic carbocycles. The molecule has 1 N–H and O–H groups in total. The van der Waals surface area contributed by atoms with E-state index in [9.17, 15) is 14.4 Å². The molecule has 0 spiro atoms. The number of piperazine rings is 1. The highest BCUT2D eigenvalue weighted by Gasteiger charge is 2.23. The second kappa shape index (κ2) is 6.75. The molecule has 0 unspecified atom stereocenters. The predicted octanol–water partition coefficient (Wildman–Crippen LogP) is 0.495. The Kier molecular flexibility index (Phi) is 4.29. The molecule has 9 heteroatoms. The van der Waals surface area contributed by atoms with Crippen LogP contribution in [0.25, 0.3) is 10.8 Å². The first-order valence-corrected chi connectivity index (χ1v) is 9.15. The van der Waals surface area contributed by atoms with E-state index in [2.05, 4.69) is 15.0 Å². The lowest BCUT2D eigenvalue weighted by Crippen LogP contribution is -2.50. The van der Waals surface area contributed by atoms with Crippen molar-refractivity contribution in [2.24, 2.45) is 0 Å². The largest absolute Gasteiger partial charge is 0.345 e. The van der Waals surface area contributed by atoms with Crippen LogP contribution >= 0.6 is 11.3 Å². The number of hydrogen-bond acceptors (Lipinski definition) is 6. The van der Waals surface area contributed by atoms with Crippen molar-refractivity contribution < 1.29 is 4.79 Å². The molecule has 26 heavy (non-hydrogen) atoms.